The molecular weight excluding hydrogens is 288 g/mol. The van der Waals surface area contributed by atoms with Crippen LogP contribution in [0.1, 0.15) is 64.7 Å². The van der Waals surface area contributed by atoms with Gasteiger partial charge in [0.1, 0.15) is 0 Å². The van der Waals surface area contributed by atoms with Gasteiger partial charge in [0, 0.05) is 12.0 Å². The fourth-order valence-corrected chi connectivity index (χ4v) is 2.97. The Morgan fingerprint density at radius 3 is 2.30 bits per heavy atom. The molecule has 23 heavy (non-hydrogen) atoms. The largest absolute Gasteiger partial charge is 0.391 e. The summed E-state index contributed by atoms with van der Waals surface area (Å²) >= 11 is 0. The molecule has 0 aliphatic heterocycles. The van der Waals surface area contributed by atoms with E-state index in [4.69, 9.17) is 11.5 Å². The van der Waals surface area contributed by atoms with Crippen molar-refractivity contribution in [2.24, 2.45) is 23.3 Å². The summed E-state index contributed by atoms with van der Waals surface area (Å²) in [5.74, 6) is -0.352. The number of nitrogens with two attached hydrogens (primary N) is 2. The highest BCUT2D eigenvalue weighted by Crippen LogP contribution is 2.23. The van der Waals surface area contributed by atoms with Gasteiger partial charge in [0.2, 0.25) is 5.91 Å². The maximum Gasteiger partial charge on any atom is 0.220 e. The summed E-state index contributed by atoms with van der Waals surface area (Å²) in [5.41, 5.74) is 11.5. The van der Waals surface area contributed by atoms with E-state index in [1.54, 1.807) is 6.08 Å². The number of aliphatic hydroxyl groups is 1. The second-order valence-electron chi connectivity index (χ2n) is 6.57. The number of rotatable bonds is 15. The summed E-state index contributed by atoms with van der Waals surface area (Å²) in [6.45, 7) is 9.64. The smallest absolute Gasteiger partial charge is 0.220 e. The molecule has 0 heterocycles. The average molecular weight is 325 g/mol. The SMILES string of the molecule is C=CC[C@H](CCCCCC)C[C@H](N)[C@@H](O)C[C@H](CC=C)C(N)=O. The maximum atomic E-state index is 11.4. The topological polar surface area (TPSA) is 89.3 Å². The molecule has 0 aliphatic carbocycles. The van der Waals surface area contributed by atoms with Crippen LogP contribution in [-0.2, 0) is 4.79 Å². The van der Waals surface area contributed by atoms with Gasteiger partial charge in [-0.2, -0.15) is 0 Å². The number of aliphatic hydroxyl groups excluding tert-OH is 1. The summed E-state index contributed by atoms with van der Waals surface area (Å²) in [6.07, 6.45) is 11.3. The number of unbranched alkanes of at least 4 members (excludes halogenated alkanes) is 3. The average Bonchev–Trinajstić information content (AvgIpc) is 2.50. The number of carbonyl (C=O) groups excluding carboxylic acids is 1. The molecule has 5 N–H and O–H groups in total. The van der Waals surface area contributed by atoms with Crippen molar-refractivity contribution in [3.63, 3.8) is 0 Å². The molecule has 0 aromatic heterocycles. The van der Waals surface area contributed by atoms with Crippen molar-refractivity contribution in [2.45, 2.75) is 76.9 Å². The van der Waals surface area contributed by atoms with Crippen LogP contribution in [0.4, 0.5) is 0 Å². The van der Waals surface area contributed by atoms with Crippen LogP contribution in [0.3, 0.4) is 0 Å². The first-order valence-corrected chi connectivity index (χ1v) is 8.90. The van der Waals surface area contributed by atoms with Crippen molar-refractivity contribution in [2.75, 3.05) is 0 Å². The quantitative estimate of drug-likeness (QED) is 0.319. The van der Waals surface area contributed by atoms with E-state index < -0.39 is 17.9 Å². The molecular formula is C19H36N2O2. The third-order valence-electron chi connectivity index (χ3n) is 4.45. The van der Waals surface area contributed by atoms with E-state index in [-0.39, 0.29) is 6.04 Å². The highest BCUT2D eigenvalue weighted by Gasteiger charge is 2.24. The van der Waals surface area contributed by atoms with E-state index in [0.29, 0.717) is 18.8 Å². The predicted molar refractivity (Wildman–Crippen MR) is 97.8 cm³/mol. The van der Waals surface area contributed by atoms with Gasteiger partial charge >= 0.3 is 0 Å². The number of allylic oxidation sites excluding steroid dienone is 2. The van der Waals surface area contributed by atoms with Crippen molar-refractivity contribution in [3.05, 3.63) is 25.3 Å². The van der Waals surface area contributed by atoms with Crippen molar-refractivity contribution in [1.29, 1.82) is 0 Å². The predicted octanol–water partition coefficient (Wildman–Crippen LogP) is 3.30. The third-order valence-corrected chi connectivity index (χ3v) is 4.45. The summed E-state index contributed by atoms with van der Waals surface area (Å²) in [7, 11) is 0. The third kappa shape index (κ3) is 10.3. The summed E-state index contributed by atoms with van der Waals surface area (Å²) < 4.78 is 0. The molecule has 0 aliphatic rings. The molecule has 4 atom stereocenters. The Morgan fingerprint density at radius 2 is 1.78 bits per heavy atom. The molecule has 0 aromatic rings. The fraction of sp³-hybridized carbons (Fsp3) is 0.737. The Hall–Kier alpha value is -1.13. The zero-order valence-electron chi connectivity index (χ0n) is 14.8. The molecule has 0 fully saturated rings. The lowest BCUT2D eigenvalue weighted by molar-refractivity contribution is -0.122. The van der Waals surface area contributed by atoms with Gasteiger partial charge in [-0.3, -0.25) is 4.79 Å². The minimum Gasteiger partial charge on any atom is -0.391 e. The monoisotopic (exact) mass is 324 g/mol. The highest BCUT2D eigenvalue weighted by atomic mass is 16.3. The fourth-order valence-electron chi connectivity index (χ4n) is 2.97. The minimum absolute atomic E-state index is 0.305. The lowest BCUT2D eigenvalue weighted by Crippen LogP contribution is -2.39. The van der Waals surface area contributed by atoms with Gasteiger partial charge in [0.15, 0.2) is 0 Å². The first-order valence-electron chi connectivity index (χ1n) is 8.90. The summed E-state index contributed by atoms with van der Waals surface area (Å²) in [5, 5.41) is 10.3. The molecule has 134 valence electrons. The zero-order chi connectivity index (χ0) is 17.7. The standard InChI is InChI=1S/C19H36N2O2/c1-4-7-8-9-12-15(10-5-2)13-17(20)18(22)14-16(11-6-3)19(21)23/h5-6,15-18,22H,2-4,7-14,20H2,1H3,(H2,21,23)/t15-,16+,17+,18+/m1/s1. The molecule has 0 bridgehead atoms. The summed E-state index contributed by atoms with van der Waals surface area (Å²) in [4.78, 5) is 11.4. The summed E-state index contributed by atoms with van der Waals surface area (Å²) in [6, 6.07) is -0.335. The first-order chi connectivity index (χ1) is 11.0. The Balaban J connectivity index is 4.40. The molecule has 0 aromatic carbocycles. The number of amides is 1. The number of hydrogen-bond donors (Lipinski definition) is 3. The van der Waals surface area contributed by atoms with Crippen LogP contribution in [0.25, 0.3) is 0 Å². The van der Waals surface area contributed by atoms with Gasteiger partial charge in [-0.1, -0.05) is 51.2 Å². The van der Waals surface area contributed by atoms with Crippen molar-refractivity contribution < 1.29 is 9.90 Å². The van der Waals surface area contributed by atoms with Crippen LogP contribution in [0.5, 0.6) is 0 Å². The van der Waals surface area contributed by atoms with Crippen molar-refractivity contribution in [3.8, 4) is 0 Å². The normalized spacial score (nSPS) is 16.3. The van der Waals surface area contributed by atoms with Crippen LogP contribution < -0.4 is 11.5 Å². The molecule has 4 nitrogen and oxygen atoms in total. The first kappa shape index (κ1) is 21.9. The van der Waals surface area contributed by atoms with Gasteiger partial charge in [-0.25, -0.2) is 0 Å². The molecule has 0 radical (unpaired) electrons. The number of primary amides is 1. The second-order valence-corrected chi connectivity index (χ2v) is 6.57. The molecule has 0 spiro atoms. The van der Waals surface area contributed by atoms with E-state index >= 15 is 0 Å². The highest BCUT2D eigenvalue weighted by molar-refractivity contribution is 5.76. The number of carbonyl (C=O) groups is 1. The van der Waals surface area contributed by atoms with E-state index in [2.05, 4.69) is 20.1 Å². The maximum absolute atomic E-state index is 11.4. The van der Waals surface area contributed by atoms with E-state index in [1.165, 1.54) is 25.7 Å². The second kappa shape index (κ2) is 13.3. The zero-order valence-corrected chi connectivity index (χ0v) is 14.8. The van der Waals surface area contributed by atoms with Gasteiger partial charge in [0.05, 0.1) is 6.10 Å². The van der Waals surface area contributed by atoms with Gasteiger partial charge < -0.3 is 16.6 Å². The van der Waals surface area contributed by atoms with Gasteiger partial charge in [-0.15, -0.1) is 13.2 Å². The van der Waals surface area contributed by atoms with Crippen LogP contribution >= 0.6 is 0 Å². The Kier molecular flexibility index (Phi) is 12.7. The van der Waals surface area contributed by atoms with Crippen LogP contribution in [0.15, 0.2) is 25.3 Å². The Bertz CT molecular complexity index is 344. The van der Waals surface area contributed by atoms with Crippen LogP contribution in [-0.4, -0.2) is 23.2 Å². The molecule has 0 saturated carbocycles. The van der Waals surface area contributed by atoms with Crippen LogP contribution in [0, 0.1) is 11.8 Å². The lowest BCUT2D eigenvalue weighted by Gasteiger charge is -2.26. The molecule has 4 heteroatoms. The van der Waals surface area contributed by atoms with E-state index in [1.807, 2.05) is 6.08 Å². The van der Waals surface area contributed by atoms with Gasteiger partial charge in [0.25, 0.3) is 0 Å². The molecule has 0 unspecified atom stereocenters. The minimum atomic E-state index is -0.713. The van der Waals surface area contributed by atoms with E-state index in [0.717, 1.165) is 19.3 Å². The van der Waals surface area contributed by atoms with Crippen LogP contribution in [0.2, 0.25) is 0 Å². The Labute approximate surface area is 142 Å². The molecule has 0 saturated heterocycles. The van der Waals surface area contributed by atoms with Gasteiger partial charge in [-0.05, 0) is 31.6 Å². The molecule has 1 amide bonds. The van der Waals surface area contributed by atoms with E-state index in [9.17, 15) is 9.90 Å². The number of hydrogen-bond acceptors (Lipinski definition) is 3. The lowest BCUT2D eigenvalue weighted by atomic mass is 9.86. The van der Waals surface area contributed by atoms with Crippen molar-refractivity contribution in [1.82, 2.24) is 0 Å². The Morgan fingerprint density at radius 1 is 1.13 bits per heavy atom. The molecule has 0 rings (SSSR count). The van der Waals surface area contributed by atoms with Crippen molar-refractivity contribution >= 4 is 5.91 Å².